The highest BCUT2D eigenvalue weighted by Gasteiger charge is 1.96. The molecule has 0 N–H and O–H groups in total. The Morgan fingerprint density at radius 2 is 0.944 bits per heavy atom. The third kappa shape index (κ3) is 3.69. The smallest absolute Gasteiger partial charge is 0.0248 e. The van der Waals surface area contributed by atoms with Crippen molar-refractivity contribution in [3.8, 4) is 0 Å². The lowest BCUT2D eigenvalue weighted by Gasteiger charge is -1.99. The fourth-order valence-electron chi connectivity index (χ4n) is 1.53. The average Bonchev–Trinajstić information content (AvgIpc) is 2.46. The first-order valence-electron chi connectivity index (χ1n) is 5.61. The van der Waals surface area contributed by atoms with Crippen LogP contribution in [0, 0.1) is 0 Å². The Balaban J connectivity index is 2.20. The SMILES string of the molecule is Br/C(=C\C=C(\Br)c1ccccc1)c1ccccc1. The van der Waals surface area contributed by atoms with Gasteiger partial charge in [0.2, 0.25) is 0 Å². The number of rotatable bonds is 3. The van der Waals surface area contributed by atoms with E-state index in [1.807, 2.05) is 48.6 Å². The van der Waals surface area contributed by atoms with Crippen molar-refractivity contribution in [1.29, 1.82) is 0 Å². The molecule has 2 aromatic carbocycles. The topological polar surface area (TPSA) is 0 Å². The molecule has 0 aliphatic heterocycles. The number of halogens is 2. The number of benzene rings is 2. The van der Waals surface area contributed by atoms with Crippen LogP contribution >= 0.6 is 31.9 Å². The molecule has 2 heteroatoms. The van der Waals surface area contributed by atoms with Crippen LogP contribution in [0.4, 0.5) is 0 Å². The van der Waals surface area contributed by atoms with Crippen LogP contribution in [-0.2, 0) is 0 Å². The van der Waals surface area contributed by atoms with E-state index in [2.05, 4.69) is 56.1 Å². The van der Waals surface area contributed by atoms with Crippen molar-refractivity contribution in [2.24, 2.45) is 0 Å². The van der Waals surface area contributed by atoms with Crippen LogP contribution in [0.25, 0.3) is 8.96 Å². The van der Waals surface area contributed by atoms with E-state index in [4.69, 9.17) is 0 Å². The molecule has 0 spiro atoms. The lowest BCUT2D eigenvalue weighted by Crippen LogP contribution is -1.76. The van der Waals surface area contributed by atoms with Gasteiger partial charge in [-0.25, -0.2) is 0 Å². The van der Waals surface area contributed by atoms with E-state index in [0.717, 1.165) is 8.96 Å². The maximum atomic E-state index is 3.58. The maximum Gasteiger partial charge on any atom is 0.0248 e. The van der Waals surface area contributed by atoms with Crippen molar-refractivity contribution in [3.63, 3.8) is 0 Å². The summed E-state index contributed by atoms with van der Waals surface area (Å²) in [6, 6.07) is 20.4. The molecule has 0 saturated heterocycles. The van der Waals surface area contributed by atoms with Crippen LogP contribution in [0.2, 0.25) is 0 Å². The molecule has 0 fully saturated rings. The Kier molecular flexibility index (Phi) is 4.97. The number of allylic oxidation sites excluding steroid dienone is 2. The molecule has 0 aliphatic carbocycles. The molecule has 0 saturated carbocycles. The molecular formula is C16H12Br2. The van der Waals surface area contributed by atoms with Gasteiger partial charge in [0.05, 0.1) is 0 Å². The second-order valence-electron chi connectivity index (χ2n) is 3.76. The fourth-order valence-corrected chi connectivity index (χ4v) is 2.33. The maximum absolute atomic E-state index is 3.58. The summed E-state index contributed by atoms with van der Waals surface area (Å²) in [5, 5.41) is 0. The normalized spacial score (nSPS) is 12.6. The molecule has 18 heavy (non-hydrogen) atoms. The van der Waals surface area contributed by atoms with Gasteiger partial charge in [-0.15, -0.1) is 0 Å². The molecule has 2 rings (SSSR count). The van der Waals surface area contributed by atoms with Crippen LogP contribution in [0.5, 0.6) is 0 Å². The largest absolute Gasteiger partial charge is 0.0622 e. The van der Waals surface area contributed by atoms with Crippen LogP contribution in [0.1, 0.15) is 11.1 Å². The van der Waals surface area contributed by atoms with Crippen molar-refractivity contribution < 1.29 is 0 Å². The second-order valence-corrected chi connectivity index (χ2v) is 5.47. The Morgan fingerprint density at radius 1 is 0.611 bits per heavy atom. The summed E-state index contributed by atoms with van der Waals surface area (Å²) in [7, 11) is 0. The lowest BCUT2D eigenvalue weighted by molar-refractivity contribution is 1.64. The van der Waals surface area contributed by atoms with Gasteiger partial charge in [0, 0.05) is 8.96 Å². The van der Waals surface area contributed by atoms with Gasteiger partial charge in [0.15, 0.2) is 0 Å². The predicted octanol–water partition coefficient (Wildman–Crippen LogP) is 5.86. The van der Waals surface area contributed by atoms with E-state index in [0.29, 0.717) is 0 Å². The van der Waals surface area contributed by atoms with E-state index in [-0.39, 0.29) is 0 Å². The highest BCUT2D eigenvalue weighted by Crippen LogP contribution is 2.25. The Hall–Kier alpha value is -1.12. The summed E-state index contributed by atoms with van der Waals surface area (Å²) >= 11 is 7.17. The van der Waals surface area contributed by atoms with Crippen LogP contribution in [0.3, 0.4) is 0 Å². The molecule has 90 valence electrons. The van der Waals surface area contributed by atoms with Crippen molar-refractivity contribution in [3.05, 3.63) is 83.9 Å². The third-order valence-electron chi connectivity index (χ3n) is 2.48. The molecule has 0 aliphatic rings. The highest BCUT2D eigenvalue weighted by atomic mass is 79.9. The molecule has 0 heterocycles. The summed E-state index contributed by atoms with van der Waals surface area (Å²) in [5.74, 6) is 0. The molecule has 0 bridgehead atoms. The van der Waals surface area contributed by atoms with Gasteiger partial charge in [-0.3, -0.25) is 0 Å². The Morgan fingerprint density at radius 3 is 1.28 bits per heavy atom. The van der Waals surface area contributed by atoms with Gasteiger partial charge in [-0.1, -0.05) is 92.5 Å². The molecule has 2 aromatic rings. The van der Waals surface area contributed by atoms with Gasteiger partial charge >= 0.3 is 0 Å². The van der Waals surface area contributed by atoms with Crippen molar-refractivity contribution in [1.82, 2.24) is 0 Å². The van der Waals surface area contributed by atoms with Crippen molar-refractivity contribution in [2.75, 3.05) is 0 Å². The molecule has 0 unspecified atom stereocenters. The van der Waals surface area contributed by atoms with E-state index in [1.54, 1.807) is 0 Å². The standard InChI is InChI=1S/C16H12Br2/c17-15(13-7-3-1-4-8-13)11-12-16(18)14-9-5-2-6-10-14/h1-12H/b15-11-,16-12+. The van der Waals surface area contributed by atoms with Crippen molar-refractivity contribution >= 4 is 40.8 Å². The third-order valence-corrected chi connectivity index (χ3v) is 3.92. The number of hydrogen-bond acceptors (Lipinski definition) is 0. The van der Waals surface area contributed by atoms with Gasteiger partial charge in [-0.2, -0.15) is 0 Å². The average molecular weight is 364 g/mol. The molecular weight excluding hydrogens is 352 g/mol. The molecule has 0 aromatic heterocycles. The van der Waals surface area contributed by atoms with Gasteiger partial charge in [0.25, 0.3) is 0 Å². The Bertz CT molecular complexity index is 501. The molecule has 0 amide bonds. The Labute approximate surface area is 124 Å². The zero-order valence-electron chi connectivity index (χ0n) is 9.68. The van der Waals surface area contributed by atoms with Gasteiger partial charge < -0.3 is 0 Å². The molecule has 0 atom stereocenters. The summed E-state index contributed by atoms with van der Waals surface area (Å²) < 4.78 is 2.13. The van der Waals surface area contributed by atoms with Crippen LogP contribution in [-0.4, -0.2) is 0 Å². The highest BCUT2D eigenvalue weighted by molar-refractivity contribution is 9.15. The first-order valence-corrected chi connectivity index (χ1v) is 7.20. The van der Waals surface area contributed by atoms with E-state index >= 15 is 0 Å². The summed E-state index contributed by atoms with van der Waals surface area (Å²) in [6.07, 6.45) is 4.10. The zero-order chi connectivity index (χ0) is 12.8. The molecule has 0 radical (unpaired) electrons. The summed E-state index contributed by atoms with van der Waals surface area (Å²) in [4.78, 5) is 0. The predicted molar refractivity (Wildman–Crippen MR) is 86.7 cm³/mol. The summed E-state index contributed by atoms with van der Waals surface area (Å²) in [6.45, 7) is 0. The number of hydrogen-bond donors (Lipinski definition) is 0. The van der Waals surface area contributed by atoms with Crippen molar-refractivity contribution in [2.45, 2.75) is 0 Å². The lowest BCUT2D eigenvalue weighted by atomic mass is 10.2. The molecule has 0 nitrogen and oxygen atoms in total. The van der Waals surface area contributed by atoms with Crippen LogP contribution < -0.4 is 0 Å². The fraction of sp³-hybridized carbons (Fsp3) is 0. The van der Waals surface area contributed by atoms with E-state index in [9.17, 15) is 0 Å². The zero-order valence-corrected chi connectivity index (χ0v) is 12.9. The minimum Gasteiger partial charge on any atom is -0.0622 e. The second kappa shape index (κ2) is 6.72. The van der Waals surface area contributed by atoms with Gasteiger partial charge in [0.1, 0.15) is 0 Å². The van der Waals surface area contributed by atoms with Gasteiger partial charge in [-0.05, 0) is 23.3 Å². The van der Waals surface area contributed by atoms with E-state index < -0.39 is 0 Å². The van der Waals surface area contributed by atoms with E-state index in [1.165, 1.54) is 11.1 Å². The first kappa shape index (κ1) is 13.3. The minimum absolute atomic E-state index is 1.07. The monoisotopic (exact) mass is 362 g/mol. The first-order chi connectivity index (χ1) is 8.77. The minimum atomic E-state index is 1.07. The summed E-state index contributed by atoms with van der Waals surface area (Å²) in [5.41, 5.74) is 2.34. The van der Waals surface area contributed by atoms with Crippen LogP contribution in [0.15, 0.2) is 72.8 Å². The quantitative estimate of drug-likeness (QED) is 0.599.